The summed E-state index contributed by atoms with van der Waals surface area (Å²) in [7, 11) is 0. The van der Waals surface area contributed by atoms with E-state index in [0.717, 1.165) is 0 Å². The molecule has 1 atom stereocenters. The number of unbranched alkanes of at least 4 members (excludes halogenated alkanes) is 1. The second kappa shape index (κ2) is 8.65. The number of rotatable bonds is 8. The summed E-state index contributed by atoms with van der Waals surface area (Å²) in [5, 5.41) is 8.69. The molecule has 3 nitrogen and oxygen atoms in total. The van der Waals surface area contributed by atoms with E-state index in [4.69, 9.17) is 5.26 Å². The quantitative estimate of drug-likeness (QED) is 0.534. The number of hydrogen-bond donors (Lipinski definition) is 0. The van der Waals surface area contributed by atoms with Crippen LogP contribution in [0.25, 0.3) is 0 Å². The molecular weight excluding hydrogens is 286 g/mol. The number of carbonyl (C=O) groups is 2. The summed E-state index contributed by atoms with van der Waals surface area (Å²) >= 11 is 0. The highest BCUT2D eigenvalue weighted by Gasteiger charge is 2.23. The minimum atomic E-state index is -0.376. The van der Waals surface area contributed by atoms with Crippen LogP contribution in [0, 0.1) is 17.2 Å². The lowest BCUT2D eigenvalue weighted by Crippen LogP contribution is -2.19. The first-order valence-electron chi connectivity index (χ1n) is 7.77. The predicted molar refractivity (Wildman–Crippen MR) is 89.1 cm³/mol. The number of Topliss-reactive ketones (excluding diaryl/α,β-unsaturated/α-hetero) is 2. The molecule has 0 aliphatic heterocycles. The van der Waals surface area contributed by atoms with Gasteiger partial charge >= 0.3 is 0 Å². The van der Waals surface area contributed by atoms with Gasteiger partial charge in [0.25, 0.3) is 0 Å². The highest BCUT2D eigenvalue weighted by atomic mass is 16.1. The first kappa shape index (κ1) is 16.6. The van der Waals surface area contributed by atoms with Crippen LogP contribution in [0.15, 0.2) is 60.7 Å². The van der Waals surface area contributed by atoms with Crippen LogP contribution in [-0.2, 0) is 0 Å². The molecule has 0 heterocycles. The number of benzene rings is 2. The zero-order valence-corrected chi connectivity index (χ0v) is 12.9. The van der Waals surface area contributed by atoms with E-state index in [1.807, 2.05) is 36.4 Å². The Labute approximate surface area is 136 Å². The molecule has 0 radical (unpaired) electrons. The van der Waals surface area contributed by atoms with Crippen LogP contribution in [-0.4, -0.2) is 11.6 Å². The highest BCUT2D eigenvalue weighted by molar-refractivity contribution is 6.03. The van der Waals surface area contributed by atoms with Crippen molar-refractivity contribution in [2.75, 3.05) is 0 Å². The van der Waals surface area contributed by atoms with Gasteiger partial charge < -0.3 is 0 Å². The molecule has 0 fully saturated rings. The van der Waals surface area contributed by atoms with Crippen molar-refractivity contribution in [3.8, 4) is 6.07 Å². The smallest absolute Gasteiger partial charge is 0.166 e. The molecule has 1 unspecified atom stereocenters. The van der Waals surface area contributed by atoms with Crippen molar-refractivity contribution in [2.45, 2.75) is 25.7 Å². The van der Waals surface area contributed by atoms with Gasteiger partial charge in [0.2, 0.25) is 0 Å². The highest BCUT2D eigenvalue weighted by Crippen LogP contribution is 2.21. The second-order valence-corrected chi connectivity index (χ2v) is 5.47. The van der Waals surface area contributed by atoms with Gasteiger partial charge in [-0.2, -0.15) is 5.26 Å². The van der Waals surface area contributed by atoms with E-state index in [1.54, 1.807) is 24.3 Å². The Morgan fingerprint density at radius 1 is 0.913 bits per heavy atom. The van der Waals surface area contributed by atoms with Gasteiger partial charge in [-0.15, -0.1) is 0 Å². The van der Waals surface area contributed by atoms with Gasteiger partial charge in [-0.05, 0) is 12.8 Å². The van der Waals surface area contributed by atoms with Crippen LogP contribution in [0.2, 0.25) is 0 Å². The molecule has 3 heteroatoms. The third-order valence-electron chi connectivity index (χ3n) is 3.80. The van der Waals surface area contributed by atoms with Crippen molar-refractivity contribution in [1.82, 2.24) is 0 Å². The Kier molecular flexibility index (Phi) is 6.26. The van der Waals surface area contributed by atoms with Gasteiger partial charge in [0.05, 0.1) is 6.07 Å². The van der Waals surface area contributed by atoms with Gasteiger partial charge in [-0.25, -0.2) is 0 Å². The van der Waals surface area contributed by atoms with Gasteiger partial charge in [-0.1, -0.05) is 60.7 Å². The molecule has 0 amide bonds. The molecule has 0 aliphatic rings. The fourth-order valence-corrected chi connectivity index (χ4v) is 2.56. The Balaban J connectivity index is 2.12. The average Bonchev–Trinajstić information content (AvgIpc) is 2.62. The summed E-state index contributed by atoms with van der Waals surface area (Å²) in [6, 6.07) is 20.1. The molecule has 0 aromatic heterocycles. The van der Waals surface area contributed by atoms with Crippen LogP contribution in [0.3, 0.4) is 0 Å². The minimum Gasteiger partial charge on any atom is -0.294 e. The van der Waals surface area contributed by atoms with E-state index in [2.05, 4.69) is 6.07 Å². The van der Waals surface area contributed by atoms with Crippen LogP contribution in [0.4, 0.5) is 0 Å². The fraction of sp³-hybridized carbons (Fsp3) is 0.250. The molecule has 0 bridgehead atoms. The Morgan fingerprint density at radius 2 is 1.48 bits per heavy atom. The summed E-state index contributed by atoms with van der Waals surface area (Å²) in [6.07, 6.45) is 1.77. The average molecular weight is 305 g/mol. The van der Waals surface area contributed by atoms with E-state index in [1.165, 1.54) is 0 Å². The normalized spacial score (nSPS) is 11.4. The third kappa shape index (κ3) is 4.89. The summed E-state index contributed by atoms with van der Waals surface area (Å²) in [5.41, 5.74) is 1.24. The van der Waals surface area contributed by atoms with Crippen molar-refractivity contribution in [1.29, 1.82) is 5.26 Å². The maximum atomic E-state index is 12.7. The Morgan fingerprint density at radius 3 is 2.04 bits per heavy atom. The standard InChI is InChI=1S/C20H19NO2/c21-14-8-7-13-18(20(23)17-11-5-2-6-12-17)15-19(22)16-9-3-1-4-10-16/h1-6,9-12,18H,7-8,13,15H2. The summed E-state index contributed by atoms with van der Waals surface area (Å²) in [4.78, 5) is 25.1. The topological polar surface area (TPSA) is 57.9 Å². The zero-order chi connectivity index (χ0) is 16.5. The molecule has 23 heavy (non-hydrogen) atoms. The first-order chi connectivity index (χ1) is 11.2. The van der Waals surface area contributed by atoms with Crippen LogP contribution >= 0.6 is 0 Å². The maximum Gasteiger partial charge on any atom is 0.166 e. The molecule has 0 N–H and O–H groups in total. The first-order valence-corrected chi connectivity index (χ1v) is 7.77. The molecule has 0 spiro atoms. The zero-order valence-electron chi connectivity index (χ0n) is 12.9. The SMILES string of the molecule is N#CCCCC(CC(=O)c1ccccc1)C(=O)c1ccccc1. The predicted octanol–water partition coefficient (Wildman–Crippen LogP) is 4.45. The summed E-state index contributed by atoms with van der Waals surface area (Å²) in [6.45, 7) is 0. The molecule has 0 aliphatic carbocycles. The Hall–Kier alpha value is -2.73. The molecule has 0 saturated carbocycles. The lowest BCUT2D eigenvalue weighted by Gasteiger charge is -2.15. The van der Waals surface area contributed by atoms with Crippen molar-refractivity contribution >= 4 is 11.6 Å². The number of hydrogen-bond acceptors (Lipinski definition) is 3. The van der Waals surface area contributed by atoms with Gasteiger partial charge in [0, 0.05) is 29.9 Å². The van der Waals surface area contributed by atoms with Crippen molar-refractivity contribution in [3.05, 3.63) is 71.8 Å². The lowest BCUT2D eigenvalue weighted by molar-refractivity contribution is 0.0844. The molecule has 2 aromatic rings. The minimum absolute atomic E-state index is 0.0205. The van der Waals surface area contributed by atoms with Gasteiger partial charge in [0.1, 0.15) is 0 Å². The van der Waals surface area contributed by atoms with Crippen LogP contribution in [0.1, 0.15) is 46.4 Å². The Bertz CT molecular complexity index is 687. The van der Waals surface area contributed by atoms with E-state index in [9.17, 15) is 9.59 Å². The van der Waals surface area contributed by atoms with E-state index in [0.29, 0.717) is 30.4 Å². The molecule has 116 valence electrons. The van der Waals surface area contributed by atoms with Crippen molar-refractivity contribution in [3.63, 3.8) is 0 Å². The van der Waals surface area contributed by atoms with Crippen molar-refractivity contribution < 1.29 is 9.59 Å². The van der Waals surface area contributed by atoms with Crippen molar-refractivity contribution in [2.24, 2.45) is 5.92 Å². The number of carbonyl (C=O) groups excluding carboxylic acids is 2. The molecule has 2 rings (SSSR count). The van der Waals surface area contributed by atoms with Gasteiger partial charge in [0.15, 0.2) is 11.6 Å². The van der Waals surface area contributed by atoms with Crippen LogP contribution < -0.4 is 0 Å². The summed E-state index contributed by atoms with van der Waals surface area (Å²) < 4.78 is 0. The monoisotopic (exact) mass is 305 g/mol. The van der Waals surface area contributed by atoms with Crippen LogP contribution in [0.5, 0.6) is 0 Å². The summed E-state index contributed by atoms with van der Waals surface area (Å²) in [5.74, 6) is -0.428. The number of nitrogens with zero attached hydrogens (tertiary/aromatic N) is 1. The maximum absolute atomic E-state index is 12.7. The number of nitriles is 1. The lowest BCUT2D eigenvalue weighted by atomic mass is 9.87. The number of ketones is 2. The molecule has 0 saturated heterocycles. The van der Waals surface area contributed by atoms with E-state index in [-0.39, 0.29) is 23.9 Å². The van der Waals surface area contributed by atoms with Gasteiger partial charge in [-0.3, -0.25) is 9.59 Å². The van der Waals surface area contributed by atoms with E-state index >= 15 is 0 Å². The second-order valence-electron chi connectivity index (χ2n) is 5.47. The molecular formula is C20H19NO2. The fourth-order valence-electron chi connectivity index (χ4n) is 2.56. The third-order valence-corrected chi connectivity index (χ3v) is 3.80. The molecule has 2 aromatic carbocycles. The largest absolute Gasteiger partial charge is 0.294 e. The van der Waals surface area contributed by atoms with E-state index < -0.39 is 0 Å².